The molecule has 0 spiro atoms. The topological polar surface area (TPSA) is 58.9 Å². The van der Waals surface area contributed by atoms with Crippen LogP contribution in [-0.2, 0) is 20.1 Å². The van der Waals surface area contributed by atoms with Gasteiger partial charge < -0.3 is 10.2 Å². The van der Waals surface area contributed by atoms with Crippen molar-refractivity contribution in [3.8, 4) is 0 Å². The molecule has 6 nitrogen and oxygen atoms in total. The first-order valence-electron chi connectivity index (χ1n) is 7.25. The Bertz CT molecular complexity index is 546. The van der Waals surface area contributed by atoms with Crippen LogP contribution in [0.5, 0.6) is 0 Å². The summed E-state index contributed by atoms with van der Waals surface area (Å²) in [6.07, 6.45) is 7.63. The molecule has 0 aliphatic rings. The highest BCUT2D eigenvalue weighted by Crippen LogP contribution is 2.09. The molecular weight excluding hydrogens is 264 g/mol. The Kier molecular flexibility index (Phi) is 5.27. The minimum absolute atomic E-state index is 0.649. The van der Waals surface area contributed by atoms with E-state index in [9.17, 15) is 0 Å². The molecule has 114 valence electrons. The van der Waals surface area contributed by atoms with E-state index in [0.29, 0.717) is 5.92 Å². The summed E-state index contributed by atoms with van der Waals surface area (Å²) in [7, 11) is 3.90. The van der Waals surface area contributed by atoms with E-state index < -0.39 is 0 Å². The SMILES string of the molecule is CC(C)CNCc1cnc(N(C)Cc2cnn(C)c2)nc1. The van der Waals surface area contributed by atoms with Crippen LogP contribution in [0.15, 0.2) is 24.8 Å². The fourth-order valence-corrected chi connectivity index (χ4v) is 2.04. The lowest BCUT2D eigenvalue weighted by Crippen LogP contribution is -2.21. The normalized spacial score (nSPS) is 11.1. The van der Waals surface area contributed by atoms with Crippen LogP contribution >= 0.6 is 0 Å². The van der Waals surface area contributed by atoms with E-state index in [1.54, 1.807) is 4.68 Å². The number of rotatable bonds is 7. The lowest BCUT2D eigenvalue weighted by Gasteiger charge is -2.16. The highest BCUT2D eigenvalue weighted by atomic mass is 15.3. The Labute approximate surface area is 126 Å². The molecule has 2 aromatic rings. The Balaban J connectivity index is 1.88. The lowest BCUT2D eigenvalue weighted by molar-refractivity contribution is 0.551. The van der Waals surface area contributed by atoms with Crippen LogP contribution in [0.4, 0.5) is 5.95 Å². The average Bonchev–Trinajstić information content (AvgIpc) is 2.84. The van der Waals surface area contributed by atoms with Gasteiger partial charge in [-0.15, -0.1) is 0 Å². The molecular formula is C15H24N6. The monoisotopic (exact) mass is 288 g/mol. The third-order valence-electron chi connectivity index (χ3n) is 3.09. The van der Waals surface area contributed by atoms with Crippen LogP contribution < -0.4 is 10.2 Å². The summed E-state index contributed by atoms with van der Waals surface area (Å²) in [4.78, 5) is 10.9. The average molecular weight is 288 g/mol. The number of nitrogens with zero attached hydrogens (tertiary/aromatic N) is 5. The van der Waals surface area contributed by atoms with Gasteiger partial charge in [0.15, 0.2) is 0 Å². The van der Waals surface area contributed by atoms with Gasteiger partial charge in [-0.2, -0.15) is 5.10 Å². The fraction of sp³-hybridized carbons (Fsp3) is 0.533. The first-order valence-corrected chi connectivity index (χ1v) is 7.25. The molecule has 0 unspecified atom stereocenters. The van der Waals surface area contributed by atoms with Crippen LogP contribution in [-0.4, -0.2) is 33.3 Å². The number of hydrogen-bond donors (Lipinski definition) is 1. The maximum atomic E-state index is 4.43. The number of anilines is 1. The first-order chi connectivity index (χ1) is 10.0. The van der Waals surface area contributed by atoms with Crippen molar-refractivity contribution in [2.45, 2.75) is 26.9 Å². The number of hydrogen-bond acceptors (Lipinski definition) is 5. The van der Waals surface area contributed by atoms with Crippen molar-refractivity contribution >= 4 is 5.95 Å². The molecule has 2 aromatic heterocycles. The van der Waals surface area contributed by atoms with Gasteiger partial charge in [-0.05, 0) is 12.5 Å². The molecule has 0 fully saturated rings. The minimum Gasteiger partial charge on any atom is -0.339 e. The highest BCUT2D eigenvalue weighted by molar-refractivity contribution is 5.30. The zero-order valence-electron chi connectivity index (χ0n) is 13.2. The van der Waals surface area contributed by atoms with E-state index in [2.05, 4.69) is 34.2 Å². The zero-order valence-corrected chi connectivity index (χ0v) is 13.2. The highest BCUT2D eigenvalue weighted by Gasteiger charge is 2.06. The van der Waals surface area contributed by atoms with E-state index in [1.807, 2.05) is 43.8 Å². The molecule has 0 radical (unpaired) electrons. The number of nitrogens with one attached hydrogen (secondary N) is 1. The van der Waals surface area contributed by atoms with Gasteiger partial charge in [-0.1, -0.05) is 13.8 Å². The maximum Gasteiger partial charge on any atom is 0.225 e. The lowest BCUT2D eigenvalue weighted by atomic mass is 10.2. The summed E-state index contributed by atoms with van der Waals surface area (Å²) in [5.41, 5.74) is 2.25. The molecule has 1 N–H and O–H groups in total. The van der Waals surface area contributed by atoms with E-state index >= 15 is 0 Å². The van der Waals surface area contributed by atoms with E-state index in [4.69, 9.17) is 0 Å². The largest absolute Gasteiger partial charge is 0.339 e. The van der Waals surface area contributed by atoms with Crippen LogP contribution in [0, 0.1) is 5.92 Å². The smallest absolute Gasteiger partial charge is 0.225 e. The molecule has 0 aromatic carbocycles. The quantitative estimate of drug-likeness (QED) is 0.838. The van der Waals surface area contributed by atoms with E-state index in [1.165, 1.54) is 0 Å². The molecule has 2 heterocycles. The van der Waals surface area contributed by atoms with E-state index in [0.717, 1.165) is 36.7 Å². The standard InChI is InChI=1S/C15H24N6/c1-12(2)5-16-6-13-7-17-15(18-8-13)20(3)10-14-9-19-21(4)11-14/h7-9,11-12,16H,5-6,10H2,1-4H3. The Morgan fingerprint density at radius 3 is 2.48 bits per heavy atom. The van der Waals surface area contributed by atoms with Gasteiger partial charge in [0.2, 0.25) is 5.95 Å². The van der Waals surface area contributed by atoms with Gasteiger partial charge in [0.05, 0.1) is 6.20 Å². The van der Waals surface area contributed by atoms with Crippen LogP contribution in [0.2, 0.25) is 0 Å². The predicted molar refractivity (Wildman–Crippen MR) is 83.9 cm³/mol. The van der Waals surface area contributed by atoms with Crippen LogP contribution in [0.25, 0.3) is 0 Å². The molecule has 0 saturated carbocycles. The Morgan fingerprint density at radius 2 is 1.90 bits per heavy atom. The molecule has 0 saturated heterocycles. The van der Waals surface area contributed by atoms with Gasteiger partial charge in [-0.25, -0.2) is 9.97 Å². The molecule has 0 amide bonds. The van der Waals surface area contributed by atoms with E-state index in [-0.39, 0.29) is 0 Å². The summed E-state index contributed by atoms with van der Waals surface area (Å²) in [6.45, 7) is 6.95. The van der Waals surface area contributed by atoms with Crippen LogP contribution in [0.3, 0.4) is 0 Å². The molecule has 21 heavy (non-hydrogen) atoms. The van der Waals surface area contributed by atoms with Gasteiger partial charge >= 0.3 is 0 Å². The third-order valence-corrected chi connectivity index (χ3v) is 3.09. The number of aromatic nitrogens is 4. The van der Waals surface area contributed by atoms with Gasteiger partial charge in [0, 0.05) is 56.9 Å². The Morgan fingerprint density at radius 1 is 1.19 bits per heavy atom. The van der Waals surface area contributed by atoms with Gasteiger partial charge in [0.25, 0.3) is 0 Å². The summed E-state index contributed by atoms with van der Waals surface area (Å²) >= 11 is 0. The van der Waals surface area contributed by atoms with Crippen molar-refractivity contribution in [2.24, 2.45) is 13.0 Å². The Hall–Kier alpha value is -1.95. The van der Waals surface area contributed by atoms with Crippen LogP contribution in [0.1, 0.15) is 25.0 Å². The van der Waals surface area contributed by atoms with Crippen molar-refractivity contribution < 1.29 is 0 Å². The second-order valence-electron chi connectivity index (χ2n) is 5.79. The molecule has 0 bridgehead atoms. The number of aryl methyl sites for hydroxylation is 1. The third kappa shape index (κ3) is 4.82. The van der Waals surface area contributed by atoms with Crippen molar-refractivity contribution in [3.63, 3.8) is 0 Å². The maximum absolute atomic E-state index is 4.43. The molecule has 0 atom stereocenters. The zero-order chi connectivity index (χ0) is 15.2. The molecule has 0 aliphatic carbocycles. The van der Waals surface area contributed by atoms with Crippen molar-refractivity contribution in [3.05, 3.63) is 35.9 Å². The van der Waals surface area contributed by atoms with Gasteiger partial charge in [-0.3, -0.25) is 4.68 Å². The van der Waals surface area contributed by atoms with Gasteiger partial charge in [0.1, 0.15) is 0 Å². The fourth-order valence-electron chi connectivity index (χ4n) is 2.04. The van der Waals surface area contributed by atoms with Crippen molar-refractivity contribution in [1.82, 2.24) is 25.1 Å². The summed E-state index contributed by atoms with van der Waals surface area (Å²) < 4.78 is 1.80. The molecule has 6 heteroatoms. The first kappa shape index (κ1) is 15.4. The summed E-state index contributed by atoms with van der Waals surface area (Å²) in [5.74, 6) is 1.38. The van der Waals surface area contributed by atoms with Crippen molar-refractivity contribution in [2.75, 3.05) is 18.5 Å². The van der Waals surface area contributed by atoms with Crippen molar-refractivity contribution in [1.29, 1.82) is 0 Å². The second-order valence-corrected chi connectivity index (χ2v) is 5.79. The molecule has 0 aliphatic heterocycles. The summed E-state index contributed by atoms with van der Waals surface area (Å²) in [5, 5.41) is 7.55. The molecule has 2 rings (SSSR count). The predicted octanol–water partition coefficient (Wildman–Crippen LogP) is 1.59. The summed E-state index contributed by atoms with van der Waals surface area (Å²) in [6, 6.07) is 0. The second kappa shape index (κ2) is 7.17. The minimum atomic E-state index is 0.649.